The third-order valence-electron chi connectivity index (χ3n) is 3.53. The molecule has 1 aliphatic rings. The fraction of sp³-hybridized carbons (Fsp3) is 0.909. The average molecular weight is 340 g/mol. The zero-order valence-corrected chi connectivity index (χ0v) is 12.5. The van der Waals surface area contributed by atoms with Crippen LogP contribution in [0, 0.1) is 5.92 Å². The highest BCUT2D eigenvalue weighted by Crippen LogP contribution is 2.42. The summed E-state index contributed by atoms with van der Waals surface area (Å²) in [4.78, 5) is 11.2. The largest absolute Gasteiger partial charge is 0.355 e. The highest BCUT2D eigenvalue weighted by atomic mass is 127. The molecule has 1 saturated heterocycles. The van der Waals surface area contributed by atoms with Gasteiger partial charge >= 0.3 is 0 Å². The van der Waals surface area contributed by atoms with Gasteiger partial charge in [-0.3, -0.25) is 4.79 Å². The monoisotopic (exact) mass is 340 g/mol. The van der Waals surface area contributed by atoms with Crippen molar-refractivity contribution >= 4 is 28.5 Å². The number of hydroxylamine groups is 2. The molecule has 0 bridgehead atoms. The van der Waals surface area contributed by atoms with Crippen LogP contribution in [0.25, 0.3) is 0 Å². The van der Waals surface area contributed by atoms with Gasteiger partial charge in [0, 0.05) is 17.6 Å². The highest BCUT2D eigenvalue weighted by molar-refractivity contribution is 14.1. The number of alkyl halides is 1. The molecule has 0 saturated carbocycles. The van der Waals surface area contributed by atoms with Crippen LogP contribution in [0.5, 0.6) is 0 Å². The van der Waals surface area contributed by atoms with E-state index in [2.05, 4.69) is 5.32 Å². The zero-order valence-electron chi connectivity index (χ0n) is 10.4. The van der Waals surface area contributed by atoms with Crippen LogP contribution >= 0.6 is 22.6 Å². The lowest BCUT2D eigenvalue weighted by molar-refractivity contribution is -0.196. The Kier molecular flexibility index (Phi) is 4.23. The van der Waals surface area contributed by atoms with E-state index < -0.39 is 0 Å². The molecule has 0 unspecified atom stereocenters. The van der Waals surface area contributed by atoms with Crippen LogP contribution in [0.3, 0.4) is 0 Å². The minimum Gasteiger partial charge on any atom is -0.355 e. The lowest BCUT2D eigenvalue weighted by Gasteiger charge is -2.36. The van der Waals surface area contributed by atoms with Gasteiger partial charge in [0.2, 0.25) is 5.91 Å². The third-order valence-corrected chi connectivity index (χ3v) is 4.22. The van der Waals surface area contributed by atoms with Gasteiger partial charge in [0.25, 0.3) is 0 Å². The summed E-state index contributed by atoms with van der Waals surface area (Å²) in [6.07, 6.45) is 0.887. The molecule has 1 atom stereocenters. The third kappa shape index (κ3) is 2.68. The van der Waals surface area contributed by atoms with Gasteiger partial charge in [-0.15, -0.1) is 0 Å². The van der Waals surface area contributed by atoms with E-state index in [0.717, 1.165) is 6.42 Å². The van der Waals surface area contributed by atoms with Crippen LogP contribution in [0.15, 0.2) is 0 Å². The van der Waals surface area contributed by atoms with E-state index >= 15 is 0 Å². The van der Waals surface area contributed by atoms with Crippen molar-refractivity contribution in [1.82, 2.24) is 10.4 Å². The Hall–Kier alpha value is 0.120. The molecule has 2 N–H and O–H groups in total. The van der Waals surface area contributed by atoms with Crippen molar-refractivity contribution < 1.29 is 10.0 Å². The normalized spacial score (nSPS) is 28.0. The average Bonchev–Trinajstić information content (AvgIpc) is 2.35. The van der Waals surface area contributed by atoms with Gasteiger partial charge in [-0.2, -0.15) is 5.06 Å². The van der Waals surface area contributed by atoms with Gasteiger partial charge in [-0.25, -0.2) is 0 Å². The first-order chi connectivity index (χ1) is 7.21. The number of nitrogens with one attached hydrogen (secondary N) is 1. The molecule has 94 valence electrons. The summed E-state index contributed by atoms with van der Waals surface area (Å²) in [6.45, 7) is 8.71. The molecule has 1 aliphatic heterocycles. The molecule has 1 heterocycles. The first kappa shape index (κ1) is 14.2. The Morgan fingerprint density at radius 1 is 1.50 bits per heavy atom. The van der Waals surface area contributed by atoms with E-state index in [1.54, 1.807) is 0 Å². The molecular formula is C11H21IN2O2. The van der Waals surface area contributed by atoms with E-state index in [0.29, 0.717) is 11.0 Å². The van der Waals surface area contributed by atoms with Gasteiger partial charge in [0.05, 0.1) is 4.43 Å². The molecule has 0 aliphatic carbocycles. The fourth-order valence-corrected chi connectivity index (χ4v) is 2.77. The quantitative estimate of drug-likeness (QED) is 0.609. The summed E-state index contributed by atoms with van der Waals surface area (Å²) < 4.78 is 0.483. The lowest BCUT2D eigenvalue weighted by Crippen LogP contribution is -2.48. The molecule has 4 nitrogen and oxygen atoms in total. The Morgan fingerprint density at radius 3 is 2.44 bits per heavy atom. The SMILES string of the molecule is CC1(C)C[C@@H](CNC(=O)CI)C(C)(C)N1O. The van der Waals surface area contributed by atoms with Gasteiger partial charge < -0.3 is 10.5 Å². The van der Waals surface area contributed by atoms with Crippen LogP contribution in [0.1, 0.15) is 34.1 Å². The summed E-state index contributed by atoms with van der Waals surface area (Å²) in [5, 5.41) is 14.4. The lowest BCUT2D eigenvalue weighted by atomic mass is 9.87. The topological polar surface area (TPSA) is 52.6 Å². The second-order valence-corrected chi connectivity index (χ2v) is 6.38. The van der Waals surface area contributed by atoms with Gasteiger partial charge in [0.15, 0.2) is 0 Å². The molecule has 5 heteroatoms. The number of rotatable bonds is 3. The number of hydrogen-bond donors (Lipinski definition) is 2. The summed E-state index contributed by atoms with van der Waals surface area (Å²) in [7, 11) is 0. The number of hydrogen-bond acceptors (Lipinski definition) is 3. The Bertz CT molecular complexity index is 279. The molecule has 1 rings (SSSR count). The molecule has 16 heavy (non-hydrogen) atoms. The van der Waals surface area contributed by atoms with Crippen molar-refractivity contribution in [2.24, 2.45) is 5.92 Å². The van der Waals surface area contributed by atoms with Crippen molar-refractivity contribution in [3.63, 3.8) is 0 Å². The van der Waals surface area contributed by atoms with Crippen LogP contribution in [-0.2, 0) is 4.79 Å². The molecule has 1 amide bonds. The maximum Gasteiger partial charge on any atom is 0.229 e. The van der Waals surface area contributed by atoms with E-state index in [1.807, 2.05) is 50.3 Å². The van der Waals surface area contributed by atoms with Crippen molar-refractivity contribution in [2.75, 3.05) is 11.0 Å². The predicted molar refractivity (Wildman–Crippen MR) is 71.8 cm³/mol. The van der Waals surface area contributed by atoms with Crippen LogP contribution in [0.2, 0.25) is 0 Å². The van der Waals surface area contributed by atoms with E-state index in [4.69, 9.17) is 0 Å². The Morgan fingerprint density at radius 2 is 2.06 bits per heavy atom. The molecule has 0 spiro atoms. The molecular weight excluding hydrogens is 319 g/mol. The second-order valence-electron chi connectivity index (χ2n) is 5.62. The van der Waals surface area contributed by atoms with Crippen molar-refractivity contribution in [2.45, 2.75) is 45.2 Å². The summed E-state index contributed by atoms with van der Waals surface area (Å²) >= 11 is 2.05. The first-order valence-electron chi connectivity index (χ1n) is 5.53. The molecule has 0 aromatic rings. The number of nitrogens with zero attached hydrogens (tertiary/aromatic N) is 1. The maximum atomic E-state index is 11.2. The van der Waals surface area contributed by atoms with Gasteiger partial charge in [-0.1, -0.05) is 22.6 Å². The Labute approximate surface area is 111 Å². The summed E-state index contributed by atoms with van der Waals surface area (Å²) in [6, 6.07) is 0. The molecule has 1 fully saturated rings. The number of halogens is 1. The Balaban J connectivity index is 2.65. The standard InChI is InChI=1S/C11H21IN2O2/c1-10(2)5-8(7-13-9(15)6-12)11(3,4)14(10)16/h8,16H,5-7H2,1-4H3,(H,13,15)/t8-/m0/s1. The van der Waals surface area contributed by atoms with Gasteiger partial charge in [-0.05, 0) is 40.0 Å². The van der Waals surface area contributed by atoms with Crippen molar-refractivity contribution in [3.8, 4) is 0 Å². The van der Waals surface area contributed by atoms with Crippen LogP contribution < -0.4 is 5.32 Å². The van der Waals surface area contributed by atoms with Crippen LogP contribution in [-0.4, -0.2) is 38.2 Å². The zero-order chi connectivity index (χ0) is 12.6. The first-order valence-corrected chi connectivity index (χ1v) is 7.06. The number of amides is 1. The maximum absolute atomic E-state index is 11.2. The van der Waals surface area contributed by atoms with E-state index in [9.17, 15) is 10.0 Å². The van der Waals surface area contributed by atoms with E-state index in [1.165, 1.54) is 5.06 Å². The van der Waals surface area contributed by atoms with Crippen molar-refractivity contribution in [3.05, 3.63) is 0 Å². The van der Waals surface area contributed by atoms with E-state index in [-0.39, 0.29) is 22.9 Å². The van der Waals surface area contributed by atoms with Crippen molar-refractivity contribution in [1.29, 1.82) is 0 Å². The predicted octanol–water partition coefficient (Wildman–Crippen LogP) is 1.81. The molecule has 0 radical (unpaired) electrons. The summed E-state index contributed by atoms with van der Waals surface area (Å²) in [5.41, 5.74) is -0.509. The minimum atomic E-state index is -0.290. The molecule has 0 aromatic heterocycles. The summed E-state index contributed by atoms with van der Waals surface area (Å²) in [5.74, 6) is 0.338. The fourth-order valence-electron chi connectivity index (χ4n) is 2.50. The van der Waals surface area contributed by atoms with Gasteiger partial charge in [0.1, 0.15) is 0 Å². The smallest absolute Gasteiger partial charge is 0.229 e. The minimum absolute atomic E-state index is 0.0607. The number of carbonyl (C=O) groups is 1. The molecule has 0 aromatic carbocycles. The highest BCUT2D eigenvalue weighted by Gasteiger charge is 2.50. The van der Waals surface area contributed by atoms with Crippen LogP contribution in [0.4, 0.5) is 0 Å². The number of carbonyl (C=O) groups excluding carboxylic acids is 1. The second kappa shape index (κ2) is 4.78.